The van der Waals surface area contributed by atoms with Crippen molar-refractivity contribution < 1.29 is 17.9 Å². The quantitative estimate of drug-likeness (QED) is 0.828. The molecular formula is C19H19ClN2O4S. The van der Waals surface area contributed by atoms with E-state index in [1.807, 2.05) is 30.3 Å². The monoisotopic (exact) mass is 406 g/mol. The van der Waals surface area contributed by atoms with Crippen molar-refractivity contribution in [3.8, 4) is 5.75 Å². The maximum Gasteiger partial charge on any atom is 0.247 e. The third kappa shape index (κ3) is 2.90. The summed E-state index contributed by atoms with van der Waals surface area (Å²) < 4.78 is 31.3. The highest BCUT2D eigenvalue weighted by atomic mass is 35.5. The largest absolute Gasteiger partial charge is 0.495 e. The molecule has 2 aromatic rings. The first-order chi connectivity index (χ1) is 12.9. The Kier molecular flexibility index (Phi) is 4.41. The molecule has 6 nitrogen and oxygen atoms in total. The Morgan fingerprint density at radius 1 is 1.30 bits per heavy atom. The number of rotatable bonds is 5. The second-order valence-electron chi connectivity index (χ2n) is 6.88. The van der Waals surface area contributed by atoms with Gasteiger partial charge in [0.1, 0.15) is 5.75 Å². The van der Waals surface area contributed by atoms with Gasteiger partial charge in [0.05, 0.1) is 12.1 Å². The van der Waals surface area contributed by atoms with Gasteiger partial charge in [-0.05, 0) is 30.2 Å². The van der Waals surface area contributed by atoms with Crippen LogP contribution < -0.4 is 10.1 Å². The number of nitrogens with zero attached hydrogens (tertiary/aromatic N) is 1. The van der Waals surface area contributed by atoms with Crippen molar-refractivity contribution in [2.75, 3.05) is 19.0 Å². The molecule has 0 aromatic heterocycles. The maximum atomic E-state index is 13.1. The molecule has 1 heterocycles. The molecule has 2 fully saturated rings. The number of carbonyl (C=O) groups excluding carboxylic acids is 1. The molecule has 2 unspecified atom stereocenters. The van der Waals surface area contributed by atoms with E-state index in [9.17, 15) is 13.2 Å². The van der Waals surface area contributed by atoms with Crippen molar-refractivity contribution in [3.63, 3.8) is 0 Å². The molecule has 27 heavy (non-hydrogen) atoms. The first-order valence-corrected chi connectivity index (χ1v) is 10.4. The number of hydrogen-bond acceptors (Lipinski definition) is 4. The minimum absolute atomic E-state index is 0.181. The summed E-state index contributed by atoms with van der Waals surface area (Å²) in [5.41, 5.74) is 1.35. The number of hydrogen-bond donors (Lipinski definition) is 1. The summed E-state index contributed by atoms with van der Waals surface area (Å²) in [5.74, 6) is -0.191. The van der Waals surface area contributed by atoms with E-state index < -0.39 is 20.7 Å². The molecule has 1 aliphatic carbocycles. The maximum absolute atomic E-state index is 13.1. The molecule has 8 heteroatoms. The topological polar surface area (TPSA) is 75.7 Å². The minimum atomic E-state index is -3.73. The summed E-state index contributed by atoms with van der Waals surface area (Å²) in [5, 5.41) is 3.06. The van der Waals surface area contributed by atoms with E-state index in [0.29, 0.717) is 29.4 Å². The highest BCUT2D eigenvalue weighted by molar-refractivity contribution is 7.92. The lowest BCUT2D eigenvalue weighted by molar-refractivity contribution is -0.116. The summed E-state index contributed by atoms with van der Waals surface area (Å²) >= 11 is 6.08. The normalized spacial score (nSPS) is 25.6. The second kappa shape index (κ2) is 6.51. The van der Waals surface area contributed by atoms with Crippen LogP contribution in [0.3, 0.4) is 0 Å². The zero-order chi connectivity index (χ0) is 19.2. The molecular weight excluding hydrogens is 388 g/mol. The number of benzene rings is 2. The number of sulfonamides is 1. The Labute approximate surface area is 163 Å². The van der Waals surface area contributed by atoms with Crippen LogP contribution in [0.5, 0.6) is 5.75 Å². The summed E-state index contributed by atoms with van der Waals surface area (Å²) in [6.45, 7) is 0.650. The average Bonchev–Trinajstić information content (AvgIpc) is 3.33. The SMILES string of the molecule is COc1ccc(NC(=O)C23CC2CN(Cc2ccccc2)S3(=O)=O)cc1Cl. The molecule has 2 atom stereocenters. The van der Waals surface area contributed by atoms with Crippen LogP contribution in [0.4, 0.5) is 5.69 Å². The van der Waals surface area contributed by atoms with Gasteiger partial charge in [0, 0.05) is 24.7 Å². The molecule has 0 radical (unpaired) electrons. The van der Waals surface area contributed by atoms with Gasteiger partial charge in [-0.3, -0.25) is 4.79 Å². The van der Waals surface area contributed by atoms with Crippen LogP contribution in [0, 0.1) is 5.92 Å². The zero-order valence-corrected chi connectivity index (χ0v) is 16.3. The van der Waals surface area contributed by atoms with E-state index in [4.69, 9.17) is 16.3 Å². The third-order valence-electron chi connectivity index (χ3n) is 5.27. The van der Waals surface area contributed by atoms with Crippen molar-refractivity contribution in [3.05, 3.63) is 59.1 Å². The van der Waals surface area contributed by atoms with Crippen LogP contribution >= 0.6 is 11.6 Å². The highest BCUT2D eigenvalue weighted by Crippen LogP contribution is 2.58. The van der Waals surface area contributed by atoms with E-state index in [2.05, 4.69) is 5.32 Å². The Bertz CT molecular complexity index is 996. The van der Waals surface area contributed by atoms with E-state index in [1.54, 1.807) is 18.2 Å². The Hall–Kier alpha value is -2.09. The first-order valence-electron chi connectivity index (χ1n) is 8.57. The fraction of sp³-hybridized carbons (Fsp3) is 0.316. The number of ether oxygens (including phenoxy) is 1. The van der Waals surface area contributed by atoms with Gasteiger partial charge < -0.3 is 10.1 Å². The molecule has 142 valence electrons. The van der Waals surface area contributed by atoms with Gasteiger partial charge in [-0.1, -0.05) is 41.9 Å². The molecule has 2 aromatic carbocycles. The predicted octanol–water partition coefficient (Wildman–Crippen LogP) is 2.89. The number of amides is 1. The van der Waals surface area contributed by atoms with Crippen LogP contribution in [-0.2, 0) is 21.4 Å². The number of carbonyl (C=O) groups is 1. The zero-order valence-electron chi connectivity index (χ0n) is 14.7. The van der Waals surface area contributed by atoms with Crippen molar-refractivity contribution in [1.82, 2.24) is 4.31 Å². The lowest BCUT2D eigenvalue weighted by Crippen LogP contribution is -2.41. The Morgan fingerprint density at radius 2 is 2.04 bits per heavy atom. The molecule has 1 saturated heterocycles. The predicted molar refractivity (Wildman–Crippen MR) is 103 cm³/mol. The van der Waals surface area contributed by atoms with Gasteiger partial charge in [0.25, 0.3) is 0 Å². The molecule has 1 N–H and O–H groups in total. The smallest absolute Gasteiger partial charge is 0.247 e. The Morgan fingerprint density at radius 3 is 2.70 bits per heavy atom. The van der Waals surface area contributed by atoms with Gasteiger partial charge in [-0.2, -0.15) is 4.31 Å². The third-order valence-corrected chi connectivity index (χ3v) is 8.13. The van der Waals surface area contributed by atoms with Gasteiger partial charge in [0.2, 0.25) is 15.9 Å². The number of anilines is 1. The van der Waals surface area contributed by atoms with Crippen LogP contribution in [0.1, 0.15) is 12.0 Å². The molecule has 1 amide bonds. The van der Waals surface area contributed by atoms with Crippen molar-refractivity contribution >= 4 is 33.2 Å². The van der Waals surface area contributed by atoms with Crippen LogP contribution in [0.2, 0.25) is 5.02 Å². The lowest BCUT2D eigenvalue weighted by atomic mass is 10.2. The van der Waals surface area contributed by atoms with Gasteiger partial charge in [-0.15, -0.1) is 0 Å². The summed E-state index contributed by atoms with van der Waals surface area (Å²) in [7, 11) is -2.23. The fourth-order valence-corrected chi connectivity index (χ4v) is 6.33. The van der Waals surface area contributed by atoms with E-state index in [0.717, 1.165) is 5.56 Å². The molecule has 4 rings (SSSR count). The second-order valence-corrected chi connectivity index (χ2v) is 9.48. The van der Waals surface area contributed by atoms with E-state index in [1.165, 1.54) is 11.4 Å². The number of nitrogens with one attached hydrogen (secondary N) is 1. The average molecular weight is 407 g/mol. The molecule has 2 aliphatic rings. The molecule has 0 bridgehead atoms. The van der Waals surface area contributed by atoms with Crippen LogP contribution in [-0.4, -0.2) is 37.0 Å². The number of fused-ring (bicyclic) bond motifs is 1. The summed E-state index contributed by atoms with van der Waals surface area (Å²) in [4.78, 5) is 12.9. The lowest BCUT2D eigenvalue weighted by Gasteiger charge is -2.21. The molecule has 1 aliphatic heterocycles. The van der Waals surface area contributed by atoms with Gasteiger partial charge in [-0.25, -0.2) is 8.42 Å². The first kappa shape index (κ1) is 18.3. The van der Waals surface area contributed by atoms with E-state index >= 15 is 0 Å². The van der Waals surface area contributed by atoms with Crippen LogP contribution in [0.15, 0.2) is 48.5 Å². The van der Waals surface area contributed by atoms with E-state index in [-0.39, 0.29) is 12.5 Å². The number of methoxy groups -OCH3 is 1. The van der Waals surface area contributed by atoms with Crippen LogP contribution in [0.25, 0.3) is 0 Å². The Balaban J connectivity index is 1.54. The molecule has 0 spiro atoms. The standard InChI is InChI=1S/C19H19ClN2O4S/c1-26-17-8-7-15(9-16(17)20)21-18(23)19-10-14(19)12-22(27(19,24)25)11-13-5-3-2-4-6-13/h2-9,14H,10-12H2,1H3,(H,21,23). The van der Waals surface area contributed by atoms with Crippen molar-refractivity contribution in [2.24, 2.45) is 5.92 Å². The van der Waals surface area contributed by atoms with Crippen molar-refractivity contribution in [2.45, 2.75) is 17.7 Å². The number of halogens is 1. The fourth-order valence-electron chi connectivity index (χ4n) is 3.72. The van der Waals surface area contributed by atoms with Crippen molar-refractivity contribution in [1.29, 1.82) is 0 Å². The summed E-state index contributed by atoms with van der Waals surface area (Å²) in [6.07, 6.45) is 0.357. The highest BCUT2D eigenvalue weighted by Gasteiger charge is 2.75. The van der Waals surface area contributed by atoms with Gasteiger partial charge in [0.15, 0.2) is 4.75 Å². The van der Waals surface area contributed by atoms with Gasteiger partial charge >= 0.3 is 0 Å². The minimum Gasteiger partial charge on any atom is -0.495 e. The summed E-state index contributed by atoms with van der Waals surface area (Å²) in [6, 6.07) is 14.2. The molecule has 1 saturated carbocycles.